The molecule has 5 nitrogen and oxygen atoms in total. The van der Waals surface area contributed by atoms with Gasteiger partial charge in [0.15, 0.2) is 0 Å². The van der Waals surface area contributed by atoms with E-state index < -0.39 is 6.04 Å². The molecule has 0 aromatic heterocycles. The lowest BCUT2D eigenvalue weighted by Crippen LogP contribution is -2.53. The number of rotatable bonds is 8. The van der Waals surface area contributed by atoms with E-state index in [1.807, 2.05) is 51.1 Å². The van der Waals surface area contributed by atoms with Crippen molar-refractivity contribution in [1.29, 1.82) is 0 Å². The van der Waals surface area contributed by atoms with Crippen LogP contribution in [0.4, 0.5) is 0 Å². The van der Waals surface area contributed by atoms with E-state index in [0.29, 0.717) is 13.0 Å². The van der Waals surface area contributed by atoms with Crippen molar-refractivity contribution in [2.75, 3.05) is 6.54 Å². The number of carbonyl (C=O) groups is 2. The van der Waals surface area contributed by atoms with Gasteiger partial charge in [0.1, 0.15) is 6.04 Å². The van der Waals surface area contributed by atoms with Crippen LogP contribution in [0.3, 0.4) is 0 Å². The Labute approximate surface area is 132 Å². The summed E-state index contributed by atoms with van der Waals surface area (Å²) in [6.45, 7) is 8.24. The average molecular weight is 305 g/mol. The van der Waals surface area contributed by atoms with Crippen LogP contribution < -0.4 is 16.0 Å². The van der Waals surface area contributed by atoms with Gasteiger partial charge in [-0.05, 0) is 32.9 Å². The van der Waals surface area contributed by atoms with Gasteiger partial charge < -0.3 is 16.0 Å². The highest BCUT2D eigenvalue weighted by atomic mass is 16.2. The van der Waals surface area contributed by atoms with Gasteiger partial charge >= 0.3 is 0 Å². The van der Waals surface area contributed by atoms with Crippen molar-refractivity contribution in [3.05, 3.63) is 35.9 Å². The van der Waals surface area contributed by atoms with Crippen LogP contribution in [-0.2, 0) is 16.0 Å². The quantitative estimate of drug-likeness (QED) is 0.677. The molecule has 2 amide bonds. The summed E-state index contributed by atoms with van der Waals surface area (Å²) >= 11 is 0. The second-order valence-electron chi connectivity index (χ2n) is 5.69. The first-order valence-corrected chi connectivity index (χ1v) is 7.82. The van der Waals surface area contributed by atoms with Gasteiger partial charge in [0.05, 0.1) is 6.04 Å². The summed E-state index contributed by atoms with van der Waals surface area (Å²) in [6.07, 6.45) is 0.476. The Hall–Kier alpha value is -1.88. The largest absolute Gasteiger partial charge is 0.352 e. The Balaban J connectivity index is 2.77. The molecule has 2 atom stereocenters. The highest BCUT2D eigenvalue weighted by Crippen LogP contribution is 2.04. The number of hydrogen-bond donors (Lipinski definition) is 3. The molecule has 0 aliphatic heterocycles. The van der Waals surface area contributed by atoms with Gasteiger partial charge in [-0.15, -0.1) is 0 Å². The lowest BCUT2D eigenvalue weighted by Gasteiger charge is -2.22. The SMILES string of the molecule is CCNC(C)C(=O)NC(Cc1ccccc1)C(=O)NC(C)C. The van der Waals surface area contributed by atoms with Gasteiger partial charge in [0.2, 0.25) is 11.8 Å². The van der Waals surface area contributed by atoms with E-state index in [0.717, 1.165) is 5.56 Å². The molecule has 1 aromatic carbocycles. The van der Waals surface area contributed by atoms with Crippen LogP contribution in [0.25, 0.3) is 0 Å². The summed E-state index contributed by atoms with van der Waals surface area (Å²) in [6, 6.07) is 8.83. The molecule has 0 bridgehead atoms. The molecule has 0 heterocycles. The normalized spacial score (nSPS) is 13.5. The van der Waals surface area contributed by atoms with E-state index in [2.05, 4.69) is 16.0 Å². The van der Waals surface area contributed by atoms with Crippen LogP contribution in [0.2, 0.25) is 0 Å². The maximum absolute atomic E-state index is 12.3. The van der Waals surface area contributed by atoms with Crippen molar-refractivity contribution in [2.45, 2.75) is 52.2 Å². The maximum Gasteiger partial charge on any atom is 0.243 e. The summed E-state index contributed by atoms with van der Waals surface area (Å²) in [7, 11) is 0. The Kier molecular flexibility index (Phi) is 7.60. The molecule has 5 heteroatoms. The van der Waals surface area contributed by atoms with Gasteiger partial charge in [-0.1, -0.05) is 37.3 Å². The second-order valence-corrected chi connectivity index (χ2v) is 5.69. The third-order valence-electron chi connectivity index (χ3n) is 3.25. The summed E-state index contributed by atoms with van der Waals surface area (Å²) in [5, 5.41) is 8.76. The highest BCUT2D eigenvalue weighted by Gasteiger charge is 2.23. The molecule has 3 N–H and O–H groups in total. The molecule has 0 aliphatic carbocycles. The smallest absolute Gasteiger partial charge is 0.243 e. The maximum atomic E-state index is 12.3. The van der Waals surface area contributed by atoms with E-state index in [1.54, 1.807) is 6.92 Å². The lowest BCUT2D eigenvalue weighted by atomic mass is 10.0. The Bertz CT molecular complexity index is 474. The van der Waals surface area contributed by atoms with Crippen molar-refractivity contribution in [3.8, 4) is 0 Å². The van der Waals surface area contributed by atoms with E-state index in [9.17, 15) is 9.59 Å². The minimum Gasteiger partial charge on any atom is -0.352 e. The monoisotopic (exact) mass is 305 g/mol. The minimum atomic E-state index is -0.571. The Morgan fingerprint density at radius 1 is 1.00 bits per heavy atom. The number of nitrogens with one attached hydrogen (secondary N) is 3. The standard InChI is InChI=1S/C17H27N3O2/c1-5-18-13(4)16(21)20-15(17(22)19-12(2)3)11-14-9-7-6-8-10-14/h6-10,12-13,15,18H,5,11H2,1-4H3,(H,19,22)(H,20,21). The number of hydrogen-bond acceptors (Lipinski definition) is 3. The molecule has 0 aliphatic rings. The van der Waals surface area contributed by atoms with Crippen molar-refractivity contribution in [1.82, 2.24) is 16.0 Å². The molecule has 1 aromatic rings. The first-order chi connectivity index (χ1) is 10.4. The number of benzene rings is 1. The third-order valence-corrected chi connectivity index (χ3v) is 3.25. The van der Waals surface area contributed by atoms with Crippen LogP contribution in [0.1, 0.15) is 33.3 Å². The summed E-state index contributed by atoms with van der Waals surface area (Å²) in [4.78, 5) is 24.5. The van der Waals surface area contributed by atoms with Crippen LogP contribution in [0.5, 0.6) is 0 Å². The highest BCUT2D eigenvalue weighted by molar-refractivity contribution is 5.89. The fourth-order valence-corrected chi connectivity index (χ4v) is 2.14. The lowest BCUT2D eigenvalue weighted by molar-refractivity contribution is -0.130. The zero-order valence-corrected chi connectivity index (χ0v) is 13.8. The summed E-state index contributed by atoms with van der Waals surface area (Å²) < 4.78 is 0. The topological polar surface area (TPSA) is 70.2 Å². The first kappa shape index (κ1) is 18.2. The van der Waals surface area contributed by atoms with Crippen molar-refractivity contribution >= 4 is 11.8 Å². The van der Waals surface area contributed by atoms with E-state index >= 15 is 0 Å². The average Bonchev–Trinajstić information content (AvgIpc) is 2.47. The molecule has 0 spiro atoms. The van der Waals surface area contributed by atoms with E-state index in [1.165, 1.54) is 0 Å². The number of amides is 2. The van der Waals surface area contributed by atoms with Gasteiger partial charge in [-0.25, -0.2) is 0 Å². The summed E-state index contributed by atoms with van der Waals surface area (Å²) in [5.41, 5.74) is 1.02. The van der Waals surface area contributed by atoms with Crippen molar-refractivity contribution in [3.63, 3.8) is 0 Å². The van der Waals surface area contributed by atoms with Gasteiger partial charge in [0.25, 0.3) is 0 Å². The van der Waals surface area contributed by atoms with Crippen LogP contribution >= 0.6 is 0 Å². The van der Waals surface area contributed by atoms with Crippen molar-refractivity contribution < 1.29 is 9.59 Å². The molecular weight excluding hydrogens is 278 g/mol. The molecule has 0 fully saturated rings. The van der Waals surface area contributed by atoms with Crippen LogP contribution in [0, 0.1) is 0 Å². The fraction of sp³-hybridized carbons (Fsp3) is 0.529. The minimum absolute atomic E-state index is 0.0360. The fourth-order valence-electron chi connectivity index (χ4n) is 2.14. The molecule has 0 saturated heterocycles. The van der Waals surface area contributed by atoms with Gasteiger partial charge in [-0.3, -0.25) is 9.59 Å². The molecule has 0 saturated carbocycles. The van der Waals surface area contributed by atoms with Crippen molar-refractivity contribution in [2.24, 2.45) is 0 Å². The Morgan fingerprint density at radius 2 is 1.64 bits per heavy atom. The van der Waals surface area contributed by atoms with Gasteiger partial charge in [0, 0.05) is 12.5 Å². The molecular formula is C17H27N3O2. The second kappa shape index (κ2) is 9.20. The molecule has 1 rings (SSSR count). The van der Waals surface area contributed by atoms with Crippen LogP contribution in [0.15, 0.2) is 30.3 Å². The molecule has 22 heavy (non-hydrogen) atoms. The summed E-state index contributed by atoms with van der Waals surface area (Å²) in [5.74, 6) is -0.322. The Morgan fingerprint density at radius 3 is 2.18 bits per heavy atom. The van der Waals surface area contributed by atoms with Crippen LogP contribution in [-0.4, -0.2) is 36.5 Å². The number of likely N-dealkylation sites (N-methyl/N-ethyl adjacent to an activating group) is 1. The predicted octanol–water partition coefficient (Wildman–Crippen LogP) is 1.24. The predicted molar refractivity (Wildman–Crippen MR) is 88.5 cm³/mol. The zero-order chi connectivity index (χ0) is 16.5. The number of carbonyl (C=O) groups excluding carboxylic acids is 2. The van der Waals surface area contributed by atoms with E-state index in [4.69, 9.17) is 0 Å². The molecule has 0 radical (unpaired) electrons. The molecule has 122 valence electrons. The zero-order valence-electron chi connectivity index (χ0n) is 13.8. The van der Waals surface area contributed by atoms with E-state index in [-0.39, 0.29) is 23.9 Å². The van der Waals surface area contributed by atoms with Gasteiger partial charge in [-0.2, -0.15) is 0 Å². The first-order valence-electron chi connectivity index (χ1n) is 7.82. The molecule has 2 unspecified atom stereocenters. The third kappa shape index (κ3) is 6.26.